The van der Waals surface area contributed by atoms with Gasteiger partial charge in [-0.05, 0) is 12.5 Å². The van der Waals surface area contributed by atoms with Crippen LogP contribution in [0.1, 0.15) is 56.6 Å². The van der Waals surface area contributed by atoms with Gasteiger partial charge in [-0.25, -0.2) is 12.8 Å². The largest absolute Gasteiger partial charge is 0.741 e. The quantitative estimate of drug-likeness (QED) is 0.464. The van der Waals surface area contributed by atoms with E-state index in [-0.39, 0.29) is 0 Å². The van der Waals surface area contributed by atoms with E-state index in [2.05, 4.69) is 46.8 Å². The summed E-state index contributed by atoms with van der Waals surface area (Å²) in [5.74, 6) is 3.11. The molecule has 1 heterocycles. The van der Waals surface area contributed by atoms with E-state index < -0.39 is 15.6 Å². The van der Waals surface area contributed by atoms with Gasteiger partial charge in [-0.3, -0.25) is 0 Å². The highest BCUT2D eigenvalue weighted by molar-refractivity contribution is 7.86. The summed E-state index contributed by atoms with van der Waals surface area (Å²) in [6, 6.07) is 4.24. The Morgan fingerprint density at radius 2 is 1.33 bits per heavy atom. The fraction of sp³-hybridized carbons (Fsp3) is 0.615. The minimum atomic E-state index is -6.09. The number of halogens is 3. The van der Waals surface area contributed by atoms with E-state index in [9.17, 15) is 13.2 Å². The van der Waals surface area contributed by atoms with Crippen molar-refractivity contribution < 1.29 is 30.6 Å². The van der Waals surface area contributed by atoms with Crippen LogP contribution in [0.3, 0.4) is 0 Å². The Morgan fingerprint density at radius 1 is 1.05 bits per heavy atom. The van der Waals surface area contributed by atoms with Crippen LogP contribution in [0.25, 0.3) is 0 Å². The van der Waals surface area contributed by atoms with Gasteiger partial charge in [0.1, 0.15) is 0 Å². The van der Waals surface area contributed by atoms with Gasteiger partial charge in [0.05, 0.1) is 11.8 Å². The Bertz CT molecular complexity index is 537. The molecule has 21 heavy (non-hydrogen) atoms. The molecular formula is C13H19F3O4S. The average molecular weight is 328 g/mol. The van der Waals surface area contributed by atoms with Gasteiger partial charge in [0, 0.05) is 12.1 Å². The highest BCUT2D eigenvalue weighted by atomic mass is 32.2. The second-order valence-corrected chi connectivity index (χ2v) is 6.52. The maximum atomic E-state index is 10.7. The first-order chi connectivity index (χ1) is 9.25. The molecule has 0 aromatic carbocycles. The van der Waals surface area contributed by atoms with Gasteiger partial charge in [-0.1, -0.05) is 27.7 Å². The van der Waals surface area contributed by atoms with E-state index in [0.717, 1.165) is 11.5 Å². The molecule has 0 unspecified atom stereocenters. The molecule has 0 aliphatic carbocycles. The predicted molar refractivity (Wildman–Crippen MR) is 71.8 cm³/mol. The maximum absolute atomic E-state index is 10.7. The average Bonchev–Trinajstić information content (AvgIpc) is 2.25. The van der Waals surface area contributed by atoms with Crippen molar-refractivity contribution >= 4 is 10.1 Å². The minimum absolute atomic E-state index is 0.470. The Labute approximate surface area is 122 Å². The van der Waals surface area contributed by atoms with Gasteiger partial charge in [0.2, 0.25) is 0 Å². The molecule has 0 aliphatic rings. The lowest BCUT2D eigenvalue weighted by Gasteiger charge is -2.08. The van der Waals surface area contributed by atoms with Crippen LogP contribution in [-0.4, -0.2) is 18.5 Å². The first-order valence-electron chi connectivity index (χ1n) is 6.22. The summed E-state index contributed by atoms with van der Waals surface area (Å²) in [7, 11) is -6.09. The van der Waals surface area contributed by atoms with Crippen molar-refractivity contribution in [2.45, 2.75) is 52.0 Å². The number of aryl methyl sites for hydroxylation is 1. The Kier molecular flexibility index (Phi) is 6.82. The van der Waals surface area contributed by atoms with E-state index >= 15 is 0 Å². The zero-order chi connectivity index (χ0) is 17.0. The molecule has 1 aromatic rings. The van der Waals surface area contributed by atoms with Crippen molar-refractivity contribution in [2.75, 3.05) is 0 Å². The van der Waals surface area contributed by atoms with E-state index in [1.165, 1.54) is 5.56 Å². The second-order valence-electron chi connectivity index (χ2n) is 5.15. The molecule has 0 spiro atoms. The van der Waals surface area contributed by atoms with Crippen LogP contribution in [-0.2, 0) is 10.1 Å². The lowest BCUT2D eigenvalue weighted by molar-refractivity contribution is -0.0517. The van der Waals surface area contributed by atoms with Crippen LogP contribution in [0.5, 0.6) is 0 Å². The molecule has 0 amide bonds. The third kappa shape index (κ3) is 6.90. The summed E-state index contributed by atoms with van der Waals surface area (Å²) < 4.78 is 64.7. The molecule has 0 fully saturated rings. The van der Waals surface area contributed by atoms with Crippen LogP contribution >= 0.6 is 0 Å². The van der Waals surface area contributed by atoms with Gasteiger partial charge >= 0.3 is 17.0 Å². The number of hydrogen-bond donors (Lipinski definition) is 0. The fourth-order valence-electron chi connectivity index (χ4n) is 1.25. The molecule has 0 N–H and O–H groups in total. The van der Waals surface area contributed by atoms with Gasteiger partial charge in [-0.2, -0.15) is 13.2 Å². The van der Waals surface area contributed by atoms with Crippen molar-refractivity contribution in [3.63, 3.8) is 0 Å². The van der Waals surface area contributed by atoms with Crippen molar-refractivity contribution in [1.82, 2.24) is 0 Å². The molecule has 1 aromatic heterocycles. The third-order valence-electron chi connectivity index (χ3n) is 2.40. The highest BCUT2D eigenvalue weighted by Gasteiger charge is 2.36. The Balaban J connectivity index is 0.000000433. The minimum Gasteiger partial charge on any atom is -0.741 e. The smallest absolute Gasteiger partial charge is 0.485 e. The topological polar surface area (TPSA) is 68.5 Å². The van der Waals surface area contributed by atoms with Gasteiger partial charge in [0.15, 0.2) is 10.1 Å². The molecular weight excluding hydrogens is 309 g/mol. The monoisotopic (exact) mass is 328 g/mol. The fourth-order valence-corrected chi connectivity index (χ4v) is 1.25. The lowest BCUT2D eigenvalue weighted by atomic mass is 10.1. The van der Waals surface area contributed by atoms with Gasteiger partial charge < -0.3 is 4.55 Å². The Morgan fingerprint density at radius 3 is 1.52 bits per heavy atom. The molecule has 0 bridgehead atoms. The first kappa shape index (κ1) is 19.9. The predicted octanol–water partition coefficient (Wildman–Crippen LogP) is 4.17. The molecule has 0 atom stereocenters. The van der Waals surface area contributed by atoms with E-state index in [1.54, 1.807) is 0 Å². The van der Waals surface area contributed by atoms with Crippen molar-refractivity contribution in [2.24, 2.45) is 0 Å². The zero-order valence-electron chi connectivity index (χ0n) is 12.5. The van der Waals surface area contributed by atoms with Gasteiger partial charge in [-0.15, -0.1) is 0 Å². The van der Waals surface area contributed by atoms with Gasteiger partial charge in [0.25, 0.3) is 0 Å². The molecule has 0 saturated carbocycles. The molecule has 8 heteroatoms. The molecule has 0 radical (unpaired) electrons. The standard InChI is InChI=1S/C12H19O.CHF3O3S/c1-8(2)11-6-10(5)7-12(13-11)9(3)4;2-1(3,4)8(5,6)7/h6-9H,1-5H3;(H,5,6,7)/q+1;/p-1. The molecule has 0 saturated heterocycles. The summed E-state index contributed by atoms with van der Waals surface area (Å²) in [5, 5.41) is 0. The van der Waals surface area contributed by atoms with Crippen LogP contribution in [0.4, 0.5) is 13.2 Å². The highest BCUT2D eigenvalue weighted by Crippen LogP contribution is 2.22. The Hall–Kier alpha value is -1.15. The summed E-state index contributed by atoms with van der Waals surface area (Å²) in [6.45, 7) is 10.7. The number of alkyl halides is 3. The molecule has 1 rings (SSSR count). The zero-order valence-corrected chi connectivity index (χ0v) is 13.3. The normalized spacial score (nSPS) is 12.3. The van der Waals surface area contributed by atoms with Crippen LogP contribution in [0.2, 0.25) is 0 Å². The summed E-state index contributed by atoms with van der Waals surface area (Å²) in [4.78, 5) is 0. The summed E-state index contributed by atoms with van der Waals surface area (Å²) in [5.41, 5.74) is -4.36. The number of hydrogen-bond acceptors (Lipinski definition) is 3. The van der Waals surface area contributed by atoms with Crippen molar-refractivity contribution in [3.8, 4) is 0 Å². The SMILES string of the molecule is Cc1cc(C(C)C)[o+]c(C(C)C)c1.O=S(=O)([O-])C(F)(F)F. The summed E-state index contributed by atoms with van der Waals surface area (Å²) in [6.07, 6.45) is 0. The van der Waals surface area contributed by atoms with E-state index in [0.29, 0.717) is 11.8 Å². The maximum Gasteiger partial charge on any atom is 0.485 e. The molecule has 0 aliphatic heterocycles. The van der Waals surface area contributed by atoms with Crippen LogP contribution < -0.4 is 0 Å². The first-order valence-corrected chi connectivity index (χ1v) is 7.63. The lowest BCUT2D eigenvalue weighted by Crippen LogP contribution is -2.21. The molecule has 122 valence electrons. The van der Waals surface area contributed by atoms with E-state index in [1.807, 2.05) is 0 Å². The summed E-state index contributed by atoms with van der Waals surface area (Å²) >= 11 is 0. The van der Waals surface area contributed by atoms with Crippen LogP contribution in [0.15, 0.2) is 16.5 Å². The number of rotatable bonds is 2. The third-order valence-corrected chi connectivity index (χ3v) is 2.96. The van der Waals surface area contributed by atoms with Crippen LogP contribution in [0, 0.1) is 6.92 Å². The van der Waals surface area contributed by atoms with E-state index in [4.69, 9.17) is 17.4 Å². The second kappa shape index (κ2) is 7.22. The van der Waals surface area contributed by atoms with Crippen molar-refractivity contribution in [3.05, 3.63) is 29.2 Å². The van der Waals surface area contributed by atoms with Crippen molar-refractivity contribution in [1.29, 1.82) is 0 Å². The molecule has 4 nitrogen and oxygen atoms in total.